The van der Waals surface area contributed by atoms with E-state index in [1.807, 2.05) is 0 Å². The fourth-order valence-electron chi connectivity index (χ4n) is 5.95. The van der Waals surface area contributed by atoms with Crippen LogP contribution in [0, 0.1) is 6.92 Å². The number of carboxylic acids is 1. The standard InChI is InChI=1S/C37H32F3N3O7/c1-21-8-7-10-26(31(21)23-13-15-24(16-14-23)37(38,39)40)32(45)41-29-17-12-22(18-27(29)33(46)42(2)3)19-30(44)50-20-36(35(48)49)28-11-6-5-9-25(28)34(47)43(36)4/h5-18H,19-20H2,1-4H3,(H,41,45)(H,48,49)/t36-/m0/s1. The molecule has 0 unspecified atom stereocenters. The topological polar surface area (TPSA) is 133 Å². The Kier molecular flexibility index (Phi) is 9.54. The van der Waals surface area contributed by atoms with E-state index in [0.29, 0.717) is 22.3 Å². The van der Waals surface area contributed by atoms with E-state index in [0.717, 1.165) is 17.0 Å². The lowest BCUT2D eigenvalue weighted by Gasteiger charge is -2.32. The van der Waals surface area contributed by atoms with Crippen LogP contribution in [0.15, 0.2) is 84.9 Å². The summed E-state index contributed by atoms with van der Waals surface area (Å²) in [5.74, 6) is -3.86. The van der Waals surface area contributed by atoms with Crippen LogP contribution in [0.2, 0.25) is 0 Å². The Bertz CT molecular complexity index is 2030. The molecule has 10 nitrogen and oxygen atoms in total. The lowest BCUT2D eigenvalue weighted by molar-refractivity contribution is -0.159. The second-order valence-electron chi connectivity index (χ2n) is 12.0. The van der Waals surface area contributed by atoms with Gasteiger partial charge in [-0.3, -0.25) is 19.2 Å². The lowest BCUT2D eigenvalue weighted by atomic mass is 9.90. The van der Waals surface area contributed by atoms with Gasteiger partial charge in [0, 0.05) is 37.8 Å². The number of esters is 1. The first-order chi connectivity index (χ1) is 23.6. The quantitative estimate of drug-likeness (QED) is 0.213. The number of benzene rings is 4. The minimum absolute atomic E-state index is 0.0365. The van der Waals surface area contributed by atoms with Crippen LogP contribution in [0.1, 0.15) is 53.3 Å². The first-order valence-electron chi connectivity index (χ1n) is 15.3. The van der Waals surface area contributed by atoms with Crippen molar-refractivity contribution in [2.45, 2.75) is 25.1 Å². The van der Waals surface area contributed by atoms with Crippen LogP contribution in [0.25, 0.3) is 11.1 Å². The van der Waals surface area contributed by atoms with E-state index in [-0.39, 0.29) is 34.4 Å². The monoisotopic (exact) mass is 687 g/mol. The summed E-state index contributed by atoms with van der Waals surface area (Å²) in [6.45, 7) is 1.06. The molecular weight excluding hydrogens is 655 g/mol. The number of carboxylic acid groups (broad SMARTS) is 1. The minimum Gasteiger partial charge on any atom is -0.479 e. The first kappa shape index (κ1) is 35.3. The second-order valence-corrected chi connectivity index (χ2v) is 12.0. The van der Waals surface area contributed by atoms with Gasteiger partial charge in [0.1, 0.15) is 6.61 Å². The number of hydrogen-bond acceptors (Lipinski definition) is 6. The Morgan fingerprint density at radius 3 is 2.24 bits per heavy atom. The van der Waals surface area contributed by atoms with Gasteiger partial charge in [0.2, 0.25) is 5.54 Å². The number of hydrogen-bond donors (Lipinski definition) is 2. The molecular formula is C37H32F3N3O7. The molecule has 0 aliphatic carbocycles. The molecule has 5 rings (SSSR count). The highest BCUT2D eigenvalue weighted by Gasteiger charge is 2.54. The van der Waals surface area contributed by atoms with Crippen molar-refractivity contribution >= 4 is 35.3 Å². The summed E-state index contributed by atoms with van der Waals surface area (Å²) in [7, 11) is 4.32. The highest BCUT2D eigenvalue weighted by Crippen LogP contribution is 2.39. The number of aliphatic carboxylic acids is 1. The Morgan fingerprint density at radius 2 is 1.60 bits per heavy atom. The van der Waals surface area contributed by atoms with E-state index in [2.05, 4.69) is 5.32 Å². The zero-order valence-electron chi connectivity index (χ0n) is 27.4. The molecule has 4 aromatic carbocycles. The normalized spacial score (nSPS) is 15.3. The second kappa shape index (κ2) is 13.5. The summed E-state index contributed by atoms with van der Waals surface area (Å²) >= 11 is 0. The van der Waals surface area contributed by atoms with Crippen LogP contribution < -0.4 is 5.32 Å². The van der Waals surface area contributed by atoms with Crippen molar-refractivity contribution in [2.75, 3.05) is 33.1 Å². The van der Waals surface area contributed by atoms with Crippen LogP contribution >= 0.6 is 0 Å². The molecule has 0 saturated carbocycles. The highest BCUT2D eigenvalue weighted by atomic mass is 19.4. The third kappa shape index (κ3) is 6.53. The molecule has 0 aromatic heterocycles. The summed E-state index contributed by atoms with van der Waals surface area (Å²) in [6.07, 6.45) is -4.89. The molecule has 258 valence electrons. The van der Waals surface area contributed by atoms with Crippen LogP contribution in [0.4, 0.5) is 18.9 Å². The predicted octanol–water partition coefficient (Wildman–Crippen LogP) is 5.79. The zero-order valence-corrected chi connectivity index (χ0v) is 27.4. The number of nitrogens with zero attached hydrogens (tertiary/aromatic N) is 2. The molecule has 1 aliphatic rings. The van der Waals surface area contributed by atoms with Gasteiger partial charge in [0.15, 0.2) is 0 Å². The van der Waals surface area contributed by atoms with Crippen molar-refractivity contribution in [3.05, 3.63) is 124 Å². The number of fused-ring (bicyclic) bond motifs is 1. The van der Waals surface area contributed by atoms with Crippen molar-refractivity contribution < 1.29 is 47.0 Å². The molecule has 50 heavy (non-hydrogen) atoms. The maximum atomic E-state index is 13.7. The van der Waals surface area contributed by atoms with Crippen LogP contribution in [-0.2, 0) is 32.5 Å². The fraction of sp³-hybridized carbons (Fsp3) is 0.216. The zero-order chi connectivity index (χ0) is 36.5. The number of ether oxygens (including phenoxy) is 1. The largest absolute Gasteiger partial charge is 0.479 e. The van der Waals surface area contributed by atoms with Crippen molar-refractivity contribution in [2.24, 2.45) is 0 Å². The maximum Gasteiger partial charge on any atom is 0.416 e. The number of aryl methyl sites for hydroxylation is 1. The van der Waals surface area contributed by atoms with E-state index >= 15 is 0 Å². The highest BCUT2D eigenvalue weighted by molar-refractivity contribution is 6.12. The average molecular weight is 688 g/mol. The number of anilines is 1. The number of alkyl halides is 3. The van der Waals surface area contributed by atoms with E-state index in [1.165, 1.54) is 74.6 Å². The van der Waals surface area contributed by atoms with Crippen molar-refractivity contribution in [1.29, 1.82) is 0 Å². The van der Waals surface area contributed by atoms with E-state index in [4.69, 9.17) is 4.74 Å². The van der Waals surface area contributed by atoms with Crippen LogP contribution in [0.3, 0.4) is 0 Å². The molecule has 0 spiro atoms. The Balaban J connectivity index is 1.39. The van der Waals surface area contributed by atoms with Gasteiger partial charge in [-0.1, -0.05) is 48.5 Å². The molecule has 2 N–H and O–H groups in total. The van der Waals surface area contributed by atoms with Gasteiger partial charge in [-0.2, -0.15) is 13.2 Å². The van der Waals surface area contributed by atoms with Gasteiger partial charge in [0.05, 0.1) is 23.2 Å². The molecule has 0 fully saturated rings. The van der Waals surface area contributed by atoms with Crippen molar-refractivity contribution in [3.63, 3.8) is 0 Å². The number of nitrogens with one attached hydrogen (secondary N) is 1. The number of amides is 3. The third-order valence-electron chi connectivity index (χ3n) is 8.61. The van der Waals surface area contributed by atoms with Crippen LogP contribution in [0.5, 0.6) is 0 Å². The number of halogens is 3. The van der Waals surface area contributed by atoms with Gasteiger partial charge < -0.3 is 25.0 Å². The molecule has 1 aliphatic heterocycles. The third-order valence-corrected chi connectivity index (χ3v) is 8.61. The maximum absolute atomic E-state index is 13.7. The molecule has 4 aromatic rings. The van der Waals surface area contributed by atoms with Crippen LogP contribution in [-0.4, -0.2) is 72.3 Å². The Morgan fingerprint density at radius 1 is 0.920 bits per heavy atom. The van der Waals surface area contributed by atoms with Gasteiger partial charge in [-0.25, -0.2) is 4.79 Å². The molecule has 0 radical (unpaired) electrons. The smallest absolute Gasteiger partial charge is 0.416 e. The van der Waals surface area contributed by atoms with Gasteiger partial charge in [-0.15, -0.1) is 0 Å². The molecule has 1 heterocycles. The summed E-state index contributed by atoms with van der Waals surface area (Å²) in [5.41, 5.74) is -0.315. The van der Waals surface area contributed by atoms with Gasteiger partial charge in [-0.05, 0) is 65.6 Å². The predicted molar refractivity (Wildman–Crippen MR) is 177 cm³/mol. The molecule has 13 heteroatoms. The molecule has 3 amide bonds. The van der Waals surface area contributed by atoms with E-state index < -0.39 is 53.5 Å². The average Bonchev–Trinajstić information content (AvgIpc) is 3.29. The fourth-order valence-corrected chi connectivity index (χ4v) is 5.95. The lowest BCUT2D eigenvalue weighted by Crippen LogP contribution is -2.51. The molecule has 1 atom stereocenters. The SMILES string of the molecule is Cc1cccc(C(=O)Nc2ccc(CC(=O)OC[C@@]3(C(=O)O)c4ccccc4C(=O)N3C)cc2C(=O)N(C)C)c1-c1ccc(C(F)(F)F)cc1. The Hall–Kier alpha value is -5.98. The van der Waals surface area contributed by atoms with Crippen molar-refractivity contribution in [1.82, 2.24) is 9.80 Å². The molecule has 0 saturated heterocycles. The number of rotatable bonds is 9. The minimum atomic E-state index is -4.53. The number of carbonyl (C=O) groups excluding carboxylic acids is 4. The van der Waals surface area contributed by atoms with E-state index in [9.17, 15) is 42.3 Å². The first-order valence-corrected chi connectivity index (χ1v) is 15.3. The number of carbonyl (C=O) groups is 5. The summed E-state index contributed by atoms with van der Waals surface area (Å²) in [4.78, 5) is 67.5. The van der Waals surface area contributed by atoms with Gasteiger partial charge >= 0.3 is 18.1 Å². The Labute approximate surface area is 285 Å². The summed E-state index contributed by atoms with van der Waals surface area (Å²) < 4.78 is 45.0. The van der Waals surface area contributed by atoms with E-state index in [1.54, 1.807) is 31.2 Å². The van der Waals surface area contributed by atoms with Gasteiger partial charge in [0.25, 0.3) is 17.7 Å². The number of likely N-dealkylation sites (N-methyl/N-ethyl adjacent to an activating group) is 1. The molecule has 0 bridgehead atoms. The summed E-state index contributed by atoms with van der Waals surface area (Å²) in [6, 6.07) is 19.8. The van der Waals surface area contributed by atoms with Crippen molar-refractivity contribution in [3.8, 4) is 11.1 Å². The summed E-state index contributed by atoms with van der Waals surface area (Å²) in [5, 5.41) is 12.9.